The molecular weight excluding hydrogens is 269 g/mol. The first-order chi connectivity index (χ1) is 10.0. The van der Waals surface area contributed by atoms with Gasteiger partial charge >= 0.3 is 0 Å². The highest BCUT2D eigenvalue weighted by atomic mass is 19.1. The van der Waals surface area contributed by atoms with Gasteiger partial charge in [0.1, 0.15) is 17.2 Å². The van der Waals surface area contributed by atoms with E-state index >= 15 is 0 Å². The fourth-order valence-electron chi connectivity index (χ4n) is 2.21. The molecule has 0 aliphatic rings. The maximum atomic E-state index is 13.1. The Hall–Kier alpha value is -2.69. The van der Waals surface area contributed by atoms with Crippen molar-refractivity contribution < 1.29 is 9.18 Å². The Morgan fingerprint density at radius 1 is 1.19 bits per heavy atom. The number of nitrogens with zero attached hydrogens (tertiary/aromatic N) is 2. The number of hydrogen-bond acceptors (Lipinski definition) is 2. The molecule has 5 heteroatoms. The first-order valence-corrected chi connectivity index (χ1v) is 6.56. The van der Waals surface area contributed by atoms with Crippen LogP contribution < -0.4 is 5.32 Å². The summed E-state index contributed by atoms with van der Waals surface area (Å²) in [4.78, 5) is 16.4. The second kappa shape index (κ2) is 5.01. The van der Waals surface area contributed by atoms with Crippen molar-refractivity contribution >= 4 is 17.2 Å². The zero-order valence-corrected chi connectivity index (χ0v) is 11.7. The van der Waals surface area contributed by atoms with Gasteiger partial charge in [0.15, 0.2) is 0 Å². The number of anilines is 1. The number of carbonyl (C=O) groups is 1. The number of benzene rings is 1. The number of rotatable bonds is 2. The Labute approximate surface area is 121 Å². The van der Waals surface area contributed by atoms with E-state index in [0.717, 1.165) is 16.8 Å². The monoisotopic (exact) mass is 283 g/mol. The first kappa shape index (κ1) is 13.3. The molecule has 0 spiro atoms. The predicted molar refractivity (Wildman–Crippen MR) is 79.0 cm³/mol. The van der Waals surface area contributed by atoms with E-state index in [0.29, 0.717) is 5.65 Å². The molecule has 3 rings (SSSR count). The van der Waals surface area contributed by atoms with Crippen LogP contribution in [0.1, 0.15) is 21.6 Å². The Bertz CT molecular complexity index is 839. The molecule has 21 heavy (non-hydrogen) atoms. The third-order valence-electron chi connectivity index (χ3n) is 3.28. The van der Waals surface area contributed by atoms with Gasteiger partial charge in [-0.05, 0) is 37.6 Å². The molecule has 1 aromatic carbocycles. The normalized spacial score (nSPS) is 10.8. The van der Waals surface area contributed by atoms with Crippen LogP contribution in [0, 0.1) is 19.7 Å². The number of carbonyl (C=O) groups excluding carboxylic acids is 1. The molecule has 0 radical (unpaired) electrons. The molecule has 4 nitrogen and oxygen atoms in total. The van der Waals surface area contributed by atoms with Crippen molar-refractivity contribution in [3.8, 4) is 0 Å². The molecule has 106 valence electrons. The van der Waals surface area contributed by atoms with E-state index in [4.69, 9.17) is 0 Å². The van der Waals surface area contributed by atoms with Crippen LogP contribution >= 0.6 is 0 Å². The predicted octanol–water partition coefficient (Wildman–Crippen LogP) is 3.34. The summed E-state index contributed by atoms with van der Waals surface area (Å²) in [6, 6.07) is 8.63. The molecule has 0 fully saturated rings. The van der Waals surface area contributed by atoms with Gasteiger partial charge < -0.3 is 9.72 Å². The lowest BCUT2D eigenvalue weighted by Gasteiger charge is -2.07. The molecule has 0 atom stereocenters. The maximum absolute atomic E-state index is 13.1. The van der Waals surface area contributed by atoms with Gasteiger partial charge in [-0.1, -0.05) is 17.7 Å². The number of pyridine rings is 1. The number of hydrogen-bond donors (Lipinski definition) is 1. The Morgan fingerprint density at radius 2 is 2.00 bits per heavy atom. The van der Waals surface area contributed by atoms with E-state index in [-0.39, 0.29) is 17.4 Å². The molecule has 0 bridgehead atoms. The van der Waals surface area contributed by atoms with Crippen LogP contribution in [-0.4, -0.2) is 15.3 Å². The number of nitrogens with one attached hydrogen (secondary N) is 1. The van der Waals surface area contributed by atoms with Crippen LogP contribution in [0.25, 0.3) is 5.65 Å². The second-order valence-electron chi connectivity index (χ2n) is 5.01. The molecule has 2 aromatic heterocycles. The number of amides is 1. The summed E-state index contributed by atoms with van der Waals surface area (Å²) in [5.41, 5.74) is 3.64. The minimum atomic E-state index is -0.374. The molecule has 3 aromatic rings. The molecule has 1 amide bonds. The lowest BCUT2D eigenvalue weighted by atomic mass is 10.1. The van der Waals surface area contributed by atoms with Crippen LogP contribution in [0.2, 0.25) is 0 Å². The van der Waals surface area contributed by atoms with Crippen LogP contribution in [0.4, 0.5) is 10.1 Å². The average molecular weight is 283 g/mol. The molecular formula is C16H14FN3O. The number of fused-ring (bicyclic) bond motifs is 1. The Balaban J connectivity index is 1.89. The van der Waals surface area contributed by atoms with E-state index in [2.05, 4.69) is 10.3 Å². The maximum Gasteiger partial charge on any atom is 0.275 e. The lowest BCUT2D eigenvalue weighted by Crippen LogP contribution is -2.13. The van der Waals surface area contributed by atoms with Crippen molar-refractivity contribution in [1.82, 2.24) is 9.38 Å². The number of imidazole rings is 1. The molecule has 0 unspecified atom stereocenters. The van der Waals surface area contributed by atoms with Gasteiger partial charge in [0, 0.05) is 18.1 Å². The van der Waals surface area contributed by atoms with Gasteiger partial charge in [0.05, 0.1) is 0 Å². The fourth-order valence-corrected chi connectivity index (χ4v) is 2.21. The molecule has 0 aliphatic heterocycles. The van der Waals surface area contributed by atoms with E-state index in [1.165, 1.54) is 28.9 Å². The van der Waals surface area contributed by atoms with Gasteiger partial charge in [-0.2, -0.15) is 0 Å². The summed E-state index contributed by atoms with van der Waals surface area (Å²) in [6.45, 7) is 3.93. The van der Waals surface area contributed by atoms with Crippen molar-refractivity contribution in [3.05, 3.63) is 65.4 Å². The van der Waals surface area contributed by atoms with Crippen LogP contribution in [0.15, 0.2) is 42.7 Å². The highest BCUT2D eigenvalue weighted by Crippen LogP contribution is 2.17. The summed E-state index contributed by atoms with van der Waals surface area (Å²) < 4.78 is 14.6. The van der Waals surface area contributed by atoms with Gasteiger partial charge in [-0.15, -0.1) is 0 Å². The SMILES string of the molecule is Cc1ccc(NC(=O)c2cn3cc(F)ccc3n2)c(C)c1. The summed E-state index contributed by atoms with van der Waals surface area (Å²) >= 11 is 0. The van der Waals surface area contributed by atoms with Crippen LogP contribution in [0.5, 0.6) is 0 Å². The van der Waals surface area contributed by atoms with Crippen LogP contribution in [0.3, 0.4) is 0 Å². The second-order valence-corrected chi connectivity index (χ2v) is 5.01. The number of aryl methyl sites for hydroxylation is 2. The smallest absolute Gasteiger partial charge is 0.275 e. The Kier molecular flexibility index (Phi) is 3.17. The Morgan fingerprint density at radius 3 is 2.76 bits per heavy atom. The first-order valence-electron chi connectivity index (χ1n) is 6.56. The van der Waals surface area contributed by atoms with Crippen molar-refractivity contribution in [2.24, 2.45) is 0 Å². The summed E-state index contributed by atoms with van der Waals surface area (Å²) in [5, 5.41) is 2.82. The summed E-state index contributed by atoms with van der Waals surface area (Å²) in [6.07, 6.45) is 2.80. The van der Waals surface area contributed by atoms with Gasteiger partial charge in [-0.25, -0.2) is 9.37 Å². The van der Waals surface area contributed by atoms with E-state index in [1.807, 2.05) is 32.0 Å². The number of aromatic nitrogens is 2. The molecule has 1 N–H and O–H groups in total. The quantitative estimate of drug-likeness (QED) is 0.784. The lowest BCUT2D eigenvalue weighted by molar-refractivity contribution is 0.102. The largest absolute Gasteiger partial charge is 0.320 e. The minimum Gasteiger partial charge on any atom is -0.320 e. The summed E-state index contributed by atoms with van der Waals surface area (Å²) in [7, 11) is 0. The molecule has 0 saturated carbocycles. The van der Waals surface area contributed by atoms with Crippen molar-refractivity contribution in [2.75, 3.05) is 5.32 Å². The average Bonchev–Trinajstić information content (AvgIpc) is 2.85. The van der Waals surface area contributed by atoms with Crippen molar-refractivity contribution in [1.29, 1.82) is 0 Å². The highest BCUT2D eigenvalue weighted by molar-refractivity contribution is 6.03. The van der Waals surface area contributed by atoms with Gasteiger partial charge in [-0.3, -0.25) is 4.79 Å². The third kappa shape index (κ3) is 2.63. The van der Waals surface area contributed by atoms with Gasteiger partial charge in [0.2, 0.25) is 0 Å². The van der Waals surface area contributed by atoms with E-state index in [9.17, 15) is 9.18 Å². The number of halogens is 1. The molecule has 0 aliphatic carbocycles. The van der Waals surface area contributed by atoms with E-state index in [1.54, 1.807) is 0 Å². The highest BCUT2D eigenvalue weighted by Gasteiger charge is 2.12. The minimum absolute atomic E-state index is 0.251. The van der Waals surface area contributed by atoms with Crippen LogP contribution in [-0.2, 0) is 0 Å². The zero-order chi connectivity index (χ0) is 15.0. The van der Waals surface area contributed by atoms with Gasteiger partial charge in [0.25, 0.3) is 5.91 Å². The molecule has 2 heterocycles. The zero-order valence-electron chi connectivity index (χ0n) is 11.7. The van der Waals surface area contributed by atoms with Crippen molar-refractivity contribution in [2.45, 2.75) is 13.8 Å². The standard InChI is InChI=1S/C16H14FN3O/c1-10-3-5-13(11(2)7-10)19-16(21)14-9-20-8-12(17)4-6-15(20)18-14/h3-9H,1-2H3,(H,19,21). The topological polar surface area (TPSA) is 46.4 Å². The fraction of sp³-hybridized carbons (Fsp3) is 0.125. The summed E-state index contributed by atoms with van der Waals surface area (Å²) in [5.74, 6) is -0.688. The van der Waals surface area contributed by atoms with E-state index < -0.39 is 0 Å². The molecule has 0 saturated heterocycles. The third-order valence-corrected chi connectivity index (χ3v) is 3.28. The van der Waals surface area contributed by atoms with Crippen molar-refractivity contribution in [3.63, 3.8) is 0 Å².